The van der Waals surface area contributed by atoms with Crippen LogP contribution in [0, 0.1) is 6.92 Å². The number of anilines is 1. The van der Waals surface area contributed by atoms with Crippen molar-refractivity contribution in [2.75, 3.05) is 4.31 Å². The van der Waals surface area contributed by atoms with Crippen LogP contribution in [0.3, 0.4) is 0 Å². The fourth-order valence-electron chi connectivity index (χ4n) is 2.12. The molecule has 104 valence electrons. The van der Waals surface area contributed by atoms with Gasteiger partial charge in [-0.15, -0.1) is 0 Å². The molecule has 0 N–H and O–H groups in total. The van der Waals surface area contributed by atoms with Gasteiger partial charge in [0.25, 0.3) is 10.0 Å². The highest BCUT2D eigenvalue weighted by Crippen LogP contribution is 2.35. The monoisotopic (exact) mass is 288 g/mol. The van der Waals surface area contributed by atoms with Crippen LogP contribution in [-0.2, 0) is 10.0 Å². The van der Waals surface area contributed by atoms with Gasteiger partial charge in [0.1, 0.15) is 5.82 Å². The van der Waals surface area contributed by atoms with Crippen molar-refractivity contribution in [2.24, 2.45) is 0 Å². The van der Waals surface area contributed by atoms with E-state index in [1.807, 2.05) is 25.1 Å². The highest BCUT2D eigenvalue weighted by molar-refractivity contribution is 7.92. The fourth-order valence-corrected chi connectivity index (χ4v) is 3.79. The maximum absolute atomic E-state index is 12.8. The number of hydrogen-bond acceptors (Lipinski definition) is 3. The Labute approximate surface area is 119 Å². The number of rotatable bonds is 4. The van der Waals surface area contributed by atoms with Gasteiger partial charge in [0, 0.05) is 12.2 Å². The summed E-state index contributed by atoms with van der Waals surface area (Å²) in [6.45, 7) is 1.94. The van der Waals surface area contributed by atoms with E-state index in [0.717, 1.165) is 18.4 Å². The Bertz CT molecular complexity index is 692. The lowest BCUT2D eigenvalue weighted by atomic mass is 10.2. The third-order valence-corrected chi connectivity index (χ3v) is 5.20. The Kier molecular flexibility index (Phi) is 3.22. The van der Waals surface area contributed by atoms with Gasteiger partial charge in [0.05, 0.1) is 4.90 Å². The number of nitrogens with zero attached hydrogens (tertiary/aromatic N) is 2. The summed E-state index contributed by atoms with van der Waals surface area (Å²) in [6, 6.07) is 12.3. The fraction of sp³-hybridized carbons (Fsp3) is 0.267. The minimum atomic E-state index is -3.54. The Hall–Kier alpha value is -1.88. The number of hydrogen-bond donors (Lipinski definition) is 0. The molecule has 0 spiro atoms. The zero-order valence-electron chi connectivity index (χ0n) is 11.2. The molecule has 1 aliphatic rings. The molecule has 2 aromatic rings. The van der Waals surface area contributed by atoms with Crippen LogP contribution in [0.4, 0.5) is 5.82 Å². The predicted octanol–water partition coefficient (Wildman–Crippen LogP) is 2.75. The van der Waals surface area contributed by atoms with Crippen molar-refractivity contribution in [3.05, 3.63) is 54.2 Å². The van der Waals surface area contributed by atoms with Crippen molar-refractivity contribution in [1.82, 2.24) is 4.98 Å². The van der Waals surface area contributed by atoms with Gasteiger partial charge < -0.3 is 0 Å². The number of aryl methyl sites for hydroxylation is 1. The van der Waals surface area contributed by atoms with Crippen molar-refractivity contribution >= 4 is 15.8 Å². The summed E-state index contributed by atoms with van der Waals surface area (Å²) in [5.74, 6) is 0.496. The second-order valence-corrected chi connectivity index (χ2v) is 6.85. The van der Waals surface area contributed by atoms with Crippen LogP contribution in [0.25, 0.3) is 0 Å². The summed E-state index contributed by atoms with van der Waals surface area (Å²) in [5.41, 5.74) is 1.04. The smallest absolute Gasteiger partial charge is 0.247 e. The first-order valence-corrected chi connectivity index (χ1v) is 8.05. The van der Waals surface area contributed by atoms with Crippen molar-refractivity contribution in [1.29, 1.82) is 0 Å². The normalized spacial score (nSPS) is 15.1. The lowest BCUT2D eigenvalue weighted by Gasteiger charge is -2.23. The average Bonchev–Trinajstić information content (AvgIpc) is 3.25. The average molecular weight is 288 g/mol. The molecule has 1 fully saturated rings. The van der Waals surface area contributed by atoms with Crippen LogP contribution in [0.5, 0.6) is 0 Å². The van der Waals surface area contributed by atoms with Crippen molar-refractivity contribution in [3.63, 3.8) is 0 Å². The quantitative estimate of drug-likeness (QED) is 0.869. The van der Waals surface area contributed by atoms with E-state index in [4.69, 9.17) is 0 Å². The van der Waals surface area contributed by atoms with Crippen LogP contribution < -0.4 is 4.31 Å². The molecular formula is C15H16N2O2S. The van der Waals surface area contributed by atoms with Crippen molar-refractivity contribution in [3.8, 4) is 0 Å². The second kappa shape index (κ2) is 4.90. The minimum absolute atomic E-state index is 0.0382. The molecule has 0 amide bonds. The largest absolute Gasteiger partial charge is 0.265 e. The maximum Gasteiger partial charge on any atom is 0.265 e. The van der Waals surface area contributed by atoms with E-state index >= 15 is 0 Å². The molecule has 0 bridgehead atoms. The first-order valence-electron chi connectivity index (χ1n) is 6.61. The lowest BCUT2D eigenvalue weighted by Crippen LogP contribution is -2.33. The van der Waals surface area contributed by atoms with Crippen LogP contribution in [0.15, 0.2) is 53.6 Å². The summed E-state index contributed by atoms with van der Waals surface area (Å²) in [5, 5.41) is 0. The molecule has 4 nitrogen and oxygen atoms in total. The summed E-state index contributed by atoms with van der Waals surface area (Å²) >= 11 is 0. The van der Waals surface area contributed by atoms with Crippen molar-refractivity contribution < 1.29 is 8.42 Å². The Morgan fingerprint density at radius 2 is 1.80 bits per heavy atom. The number of benzene rings is 1. The molecule has 0 atom stereocenters. The summed E-state index contributed by atoms with van der Waals surface area (Å²) in [6.07, 6.45) is 3.40. The standard InChI is InChI=1S/C15H16N2O2S/c1-12-5-9-14(10-6-12)20(18,19)17(13-7-8-13)15-4-2-3-11-16-15/h2-6,9-11,13H,7-8H2,1H3. The van der Waals surface area contributed by atoms with E-state index in [-0.39, 0.29) is 6.04 Å². The molecular weight excluding hydrogens is 272 g/mol. The molecule has 5 heteroatoms. The van der Waals surface area contributed by atoms with E-state index < -0.39 is 10.0 Å². The minimum Gasteiger partial charge on any atom is -0.247 e. The van der Waals surface area contributed by atoms with Gasteiger partial charge in [-0.05, 0) is 44.0 Å². The molecule has 3 rings (SSSR count). The van der Waals surface area contributed by atoms with Gasteiger partial charge in [0.15, 0.2) is 0 Å². The molecule has 1 heterocycles. The molecule has 1 aromatic carbocycles. The third-order valence-electron chi connectivity index (χ3n) is 3.33. The first kappa shape index (κ1) is 13.1. The molecule has 0 unspecified atom stereocenters. The van der Waals surface area contributed by atoms with E-state index in [1.54, 1.807) is 30.5 Å². The predicted molar refractivity (Wildman–Crippen MR) is 78.1 cm³/mol. The Balaban J connectivity index is 2.05. The number of pyridine rings is 1. The summed E-state index contributed by atoms with van der Waals surface area (Å²) < 4.78 is 27.1. The van der Waals surface area contributed by atoms with Crippen molar-refractivity contribution in [2.45, 2.75) is 30.7 Å². The van der Waals surface area contributed by atoms with E-state index in [9.17, 15) is 8.42 Å². The van der Waals surface area contributed by atoms with Gasteiger partial charge in [-0.25, -0.2) is 17.7 Å². The molecule has 1 aliphatic carbocycles. The van der Waals surface area contributed by atoms with Gasteiger partial charge in [-0.3, -0.25) is 0 Å². The molecule has 0 radical (unpaired) electrons. The van der Waals surface area contributed by atoms with Gasteiger partial charge in [0.2, 0.25) is 0 Å². The van der Waals surface area contributed by atoms with Gasteiger partial charge in [-0.2, -0.15) is 0 Å². The van der Waals surface area contributed by atoms with Crippen LogP contribution in [0.1, 0.15) is 18.4 Å². The summed E-state index contributed by atoms with van der Waals surface area (Å²) in [7, 11) is -3.54. The maximum atomic E-state index is 12.8. The zero-order chi connectivity index (χ0) is 14.2. The lowest BCUT2D eigenvalue weighted by molar-refractivity contribution is 0.589. The van der Waals surface area contributed by atoms with Gasteiger partial charge >= 0.3 is 0 Å². The zero-order valence-corrected chi connectivity index (χ0v) is 12.0. The third kappa shape index (κ3) is 2.41. The Morgan fingerprint density at radius 3 is 2.35 bits per heavy atom. The van der Waals surface area contributed by atoms with E-state index in [1.165, 1.54) is 4.31 Å². The highest BCUT2D eigenvalue weighted by Gasteiger charge is 2.38. The number of aromatic nitrogens is 1. The van der Waals surface area contributed by atoms with Crippen LogP contribution in [0.2, 0.25) is 0 Å². The molecule has 0 saturated heterocycles. The van der Waals surface area contributed by atoms with Gasteiger partial charge in [-0.1, -0.05) is 23.8 Å². The Morgan fingerprint density at radius 1 is 1.10 bits per heavy atom. The van der Waals surface area contributed by atoms with Crippen LogP contribution >= 0.6 is 0 Å². The number of sulfonamides is 1. The van der Waals surface area contributed by atoms with E-state index in [0.29, 0.717) is 10.7 Å². The summed E-state index contributed by atoms with van der Waals surface area (Å²) in [4.78, 5) is 4.52. The molecule has 20 heavy (non-hydrogen) atoms. The highest BCUT2D eigenvalue weighted by atomic mass is 32.2. The molecule has 1 aromatic heterocycles. The topological polar surface area (TPSA) is 50.3 Å². The van der Waals surface area contributed by atoms with Crippen LogP contribution in [-0.4, -0.2) is 19.4 Å². The molecule has 1 saturated carbocycles. The molecule has 0 aliphatic heterocycles. The first-order chi connectivity index (χ1) is 9.59. The van der Waals surface area contributed by atoms with E-state index in [2.05, 4.69) is 4.98 Å². The SMILES string of the molecule is Cc1ccc(S(=O)(=O)N(c2ccccn2)C2CC2)cc1. The second-order valence-electron chi connectivity index (χ2n) is 5.03.